The Morgan fingerprint density at radius 2 is 2.07 bits per heavy atom. The number of amides is 2. The van der Waals surface area contributed by atoms with Crippen LogP contribution in [0.15, 0.2) is 12.1 Å². The molecule has 0 radical (unpaired) electrons. The number of rotatable bonds is 8. The van der Waals surface area contributed by atoms with Gasteiger partial charge in [0.1, 0.15) is 13.2 Å². The molecule has 0 spiro atoms. The maximum atomic E-state index is 12.7. The molecule has 9 heteroatoms. The van der Waals surface area contributed by atoms with Crippen LogP contribution >= 0.6 is 0 Å². The van der Waals surface area contributed by atoms with Gasteiger partial charge in [-0.15, -0.1) is 0 Å². The van der Waals surface area contributed by atoms with Crippen LogP contribution in [0.3, 0.4) is 0 Å². The third-order valence-electron chi connectivity index (χ3n) is 5.34. The van der Waals surface area contributed by atoms with E-state index in [2.05, 4.69) is 10.2 Å². The Labute approximate surface area is 170 Å². The summed E-state index contributed by atoms with van der Waals surface area (Å²) in [4.78, 5) is 25.7. The van der Waals surface area contributed by atoms with Crippen molar-refractivity contribution >= 4 is 11.8 Å². The molecule has 1 aromatic rings. The van der Waals surface area contributed by atoms with Gasteiger partial charge < -0.3 is 35.3 Å². The Kier molecular flexibility index (Phi) is 7.16. The maximum absolute atomic E-state index is 12.7. The SMILES string of the molecule is COc1ccc(C(=O)NC[C@@H]2CCN(CCCC(N)=O)CC2O)c2c1OCCO2. The van der Waals surface area contributed by atoms with E-state index in [9.17, 15) is 14.7 Å². The summed E-state index contributed by atoms with van der Waals surface area (Å²) in [6.07, 6.45) is 1.26. The van der Waals surface area contributed by atoms with E-state index in [0.29, 0.717) is 62.0 Å². The Bertz CT molecular complexity index is 741. The van der Waals surface area contributed by atoms with Gasteiger partial charge >= 0.3 is 0 Å². The van der Waals surface area contributed by atoms with Gasteiger partial charge in [-0.3, -0.25) is 9.59 Å². The minimum absolute atomic E-state index is 0.0300. The zero-order chi connectivity index (χ0) is 20.8. The maximum Gasteiger partial charge on any atom is 0.255 e. The Balaban J connectivity index is 1.53. The number of benzene rings is 1. The predicted molar refractivity (Wildman–Crippen MR) is 105 cm³/mol. The molecule has 3 rings (SSSR count). The van der Waals surface area contributed by atoms with Crippen molar-refractivity contribution in [1.29, 1.82) is 0 Å². The first-order valence-electron chi connectivity index (χ1n) is 9.93. The van der Waals surface area contributed by atoms with Crippen LogP contribution in [0, 0.1) is 5.92 Å². The minimum Gasteiger partial charge on any atom is -0.493 e. The predicted octanol–water partition coefficient (Wildman–Crippen LogP) is 0.145. The van der Waals surface area contributed by atoms with Gasteiger partial charge in [0.2, 0.25) is 11.7 Å². The van der Waals surface area contributed by atoms with Gasteiger partial charge in [0.25, 0.3) is 5.91 Å². The zero-order valence-electron chi connectivity index (χ0n) is 16.7. The number of nitrogens with two attached hydrogens (primary N) is 1. The van der Waals surface area contributed by atoms with Gasteiger partial charge in [0.15, 0.2) is 11.5 Å². The summed E-state index contributed by atoms with van der Waals surface area (Å²) in [6.45, 7) is 3.20. The lowest BCUT2D eigenvalue weighted by Crippen LogP contribution is -2.48. The Morgan fingerprint density at radius 1 is 1.31 bits per heavy atom. The van der Waals surface area contributed by atoms with Crippen LogP contribution in [0.5, 0.6) is 17.2 Å². The van der Waals surface area contributed by atoms with Crippen molar-refractivity contribution in [3.8, 4) is 17.2 Å². The highest BCUT2D eigenvalue weighted by Gasteiger charge is 2.29. The van der Waals surface area contributed by atoms with E-state index in [1.54, 1.807) is 12.1 Å². The number of nitrogens with zero attached hydrogens (tertiary/aromatic N) is 1. The molecular formula is C20H29N3O6. The van der Waals surface area contributed by atoms with Crippen molar-refractivity contribution in [3.05, 3.63) is 17.7 Å². The second kappa shape index (κ2) is 9.80. The van der Waals surface area contributed by atoms with E-state index in [1.165, 1.54) is 7.11 Å². The standard InChI is InChI=1S/C20H29N3O6/c1-27-16-5-4-14(18-19(16)29-10-9-28-18)20(26)22-11-13-6-8-23(12-15(13)24)7-2-3-17(21)25/h4-5,13,15,24H,2-3,6-12H2,1H3,(H2,21,25)(H,22,26)/t13-,15?/m0/s1. The summed E-state index contributed by atoms with van der Waals surface area (Å²) in [5.74, 6) is 0.741. The largest absolute Gasteiger partial charge is 0.493 e. The number of carbonyl (C=O) groups excluding carboxylic acids is 2. The number of fused-ring (bicyclic) bond motifs is 1. The van der Waals surface area contributed by atoms with Gasteiger partial charge in [-0.1, -0.05) is 0 Å². The molecule has 2 atom stereocenters. The molecule has 1 saturated heterocycles. The quantitative estimate of drug-likeness (QED) is 0.560. The monoisotopic (exact) mass is 407 g/mol. The third kappa shape index (κ3) is 5.30. The molecule has 2 amide bonds. The smallest absolute Gasteiger partial charge is 0.255 e. The Morgan fingerprint density at radius 3 is 2.76 bits per heavy atom. The fraction of sp³-hybridized carbons (Fsp3) is 0.600. The number of nitrogens with one attached hydrogen (secondary N) is 1. The summed E-state index contributed by atoms with van der Waals surface area (Å²) in [7, 11) is 1.54. The first-order valence-corrected chi connectivity index (χ1v) is 9.93. The first-order chi connectivity index (χ1) is 14.0. The topological polar surface area (TPSA) is 123 Å². The van der Waals surface area contributed by atoms with E-state index in [0.717, 1.165) is 19.5 Å². The average molecular weight is 407 g/mol. The highest BCUT2D eigenvalue weighted by Crippen LogP contribution is 2.41. The molecule has 9 nitrogen and oxygen atoms in total. The molecule has 1 unspecified atom stereocenters. The zero-order valence-corrected chi connectivity index (χ0v) is 16.7. The van der Waals surface area contributed by atoms with Crippen LogP contribution in [-0.2, 0) is 4.79 Å². The minimum atomic E-state index is -0.540. The number of likely N-dealkylation sites (tertiary alicyclic amines) is 1. The molecule has 1 fully saturated rings. The van der Waals surface area contributed by atoms with E-state index >= 15 is 0 Å². The van der Waals surface area contributed by atoms with Crippen molar-refractivity contribution in [1.82, 2.24) is 10.2 Å². The van der Waals surface area contributed by atoms with Crippen LogP contribution < -0.4 is 25.3 Å². The van der Waals surface area contributed by atoms with Gasteiger partial charge in [-0.05, 0) is 38.1 Å². The van der Waals surface area contributed by atoms with Crippen molar-refractivity contribution in [2.24, 2.45) is 11.7 Å². The number of piperidine rings is 1. The summed E-state index contributed by atoms with van der Waals surface area (Å²) in [5, 5.41) is 13.4. The summed E-state index contributed by atoms with van der Waals surface area (Å²) >= 11 is 0. The Hall–Kier alpha value is -2.52. The molecule has 2 aliphatic rings. The van der Waals surface area contributed by atoms with E-state index in [4.69, 9.17) is 19.9 Å². The summed E-state index contributed by atoms with van der Waals surface area (Å²) in [5.41, 5.74) is 5.55. The van der Waals surface area contributed by atoms with Crippen LogP contribution in [0.4, 0.5) is 0 Å². The third-order valence-corrected chi connectivity index (χ3v) is 5.34. The van der Waals surface area contributed by atoms with E-state index < -0.39 is 6.10 Å². The summed E-state index contributed by atoms with van der Waals surface area (Å²) < 4.78 is 16.5. The number of hydrogen-bond donors (Lipinski definition) is 3. The normalized spacial score (nSPS) is 21.4. The van der Waals surface area contributed by atoms with Crippen molar-refractivity contribution in [3.63, 3.8) is 0 Å². The summed E-state index contributed by atoms with van der Waals surface area (Å²) in [6, 6.07) is 3.33. The van der Waals surface area contributed by atoms with Crippen LogP contribution in [0.2, 0.25) is 0 Å². The van der Waals surface area contributed by atoms with Crippen molar-refractivity contribution < 1.29 is 28.9 Å². The van der Waals surface area contributed by atoms with E-state index in [1.807, 2.05) is 0 Å². The molecule has 160 valence electrons. The number of carbonyl (C=O) groups is 2. The number of primary amides is 1. The number of hydrogen-bond acceptors (Lipinski definition) is 7. The fourth-order valence-corrected chi connectivity index (χ4v) is 3.73. The first kappa shape index (κ1) is 21.2. The van der Waals surface area contributed by atoms with Crippen molar-refractivity contribution in [2.75, 3.05) is 46.5 Å². The lowest BCUT2D eigenvalue weighted by Gasteiger charge is -2.36. The lowest BCUT2D eigenvalue weighted by atomic mass is 9.93. The fourth-order valence-electron chi connectivity index (χ4n) is 3.73. The van der Waals surface area contributed by atoms with Gasteiger partial charge in [-0.2, -0.15) is 0 Å². The molecule has 0 aromatic heterocycles. The molecule has 2 heterocycles. The van der Waals surface area contributed by atoms with E-state index in [-0.39, 0.29) is 17.7 Å². The molecule has 29 heavy (non-hydrogen) atoms. The highest BCUT2D eigenvalue weighted by molar-refractivity contribution is 5.98. The molecule has 0 aliphatic carbocycles. The molecule has 4 N–H and O–H groups in total. The molecule has 1 aromatic carbocycles. The van der Waals surface area contributed by atoms with Crippen LogP contribution in [0.25, 0.3) is 0 Å². The number of aliphatic hydroxyl groups is 1. The molecule has 0 bridgehead atoms. The average Bonchev–Trinajstić information content (AvgIpc) is 2.71. The number of methoxy groups -OCH3 is 1. The lowest BCUT2D eigenvalue weighted by molar-refractivity contribution is -0.118. The second-order valence-corrected chi connectivity index (χ2v) is 7.37. The van der Waals surface area contributed by atoms with Gasteiger partial charge in [0, 0.05) is 25.4 Å². The number of aliphatic hydroxyl groups excluding tert-OH is 1. The number of β-amino-alcohol motifs (C(OH)–C–C–N with tert-alkyl or cyclic N) is 1. The number of ether oxygens (including phenoxy) is 3. The van der Waals surface area contributed by atoms with Gasteiger partial charge in [-0.25, -0.2) is 0 Å². The molecular weight excluding hydrogens is 378 g/mol. The highest BCUT2D eigenvalue weighted by atomic mass is 16.6. The molecule has 0 saturated carbocycles. The second-order valence-electron chi connectivity index (χ2n) is 7.37. The van der Waals surface area contributed by atoms with Crippen LogP contribution in [0.1, 0.15) is 29.6 Å². The van der Waals surface area contributed by atoms with Gasteiger partial charge in [0.05, 0.1) is 18.8 Å². The molecule has 2 aliphatic heterocycles. The van der Waals surface area contributed by atoms with Crippen LogP contribution in [-0.4, -0.2) is 74.4 Å². The van der Waals surface area contributed by atoms with Crippen molar-refractivity contribution in [2.45, 2.75) is 25.4 Å².